The van der Waals surface area contributed by atoms with Gasteiger partial charge < -0.3 is 15.2 Å². The molecule has 7 nitrogen and oxygen atoms in total. The molecule has 2 N–H and O–H groups in total. The van der Waals surface area contributed by atoms with Crippen LogP contribution in [0.4, 0.5) is 21.6 Å². The second kappa shape index (κ2) is 7.21. The molecule has 4 rings (SSSR count). The number of aromatic nitrogens is 2. The Morgan fingerprint density at radius 2 is 2.14 bits per heavy atom. The number of methoxy groups -OCH3 is 1. The molecule has 1 unspecified atom stereocenters. The summed E-state index contributed by atoms with van der Waals surface area (Å²) in [5, 5.41) is 13.9. The molecular weight excluding hydrogens is 387 g/mol. The number of carbonyl (C=O) groups excluding carboxylic acids is 1. The van der Waals surface area contributed by atoms with E-state index in [1.165, 1.54) is 36.5 Å². The number of benzene rings is 2. The number of rotatable bonds is 4. The third-order valence-corrected chi connectivity index (χ3v) is 4.85. The van der Waals surface area contributed by atoms with Crippen LogP contribution in [0.25, 0.3) is 10.9 Å². The number of hydrogen-bond acceptors (Lipinski definition) is 6. The SMILES string of the molecule is COc1cc2ncnc(Nc3ccc(F)c(Cl)c3)c2cc1N1C(=O)CCC1O. The molecule has 144 valence electrons. The maximum absolute atomic E-state index is 13.4. The molecule has 1 saturated heterocycles. The maximum atomic E-state index is 13.4. The molecule has 9 heteroatoms. The highest BCUT2D eigenvalue weighted by Crippen LogP contribution is 2.38. The fourth-order valence-electron chi connectivity index (χ4n) is 3.20. The normalized spacial score (nSPS) is 16.6. The molecular formula is C19H16ClFN4O3. The van der Waals surface area contributed by atoms with E-state index in [0.29, 0.717) is 40.3 Å². The lowest BCUT2D eigenvalue weighted by Gasteiger charge is -2.23. The zero-order valence-corrected chi connectivity index (χ0v) is 15.6. The lowest BCUT2D eigenvalue weighted by Crippen LogP contribution is -2.32. The van der Waals surface area contributed by atoms with Gasteiger partial charge in [0.2, 0.25) is 5.91 Å². The number of aliphatic hydroxyl groups is 1. The molecule has 1 aliphatic heterocycles. The van der Waals surface area contributed by atoms with Gasteiger partial charge in [-0.25, -0.2) is 14.4 Å². The van der Waals surface area contributed by atoms with Crippen LogP contribution in [0.3, 0.4) is 0 Å². The van der Waals surface area contributed by atoms with Crippen LogP contribution in [0.1, 0.15) is 12.8 Å². The standard InChI is InChI=1S/C19H16ClFN4O3/c1-28-16-8-14-11(7-15(16)25-17(26)4-5-18(25)27)19(23-9-22-14)24-10-2-3-13(21)12(20)6-10/h2-3,6-9,17,26H,4-5H2,1H3,(H,22,23,24). The third-order valence-electron chi connectivity index (χ3n) is 4.56. The van der Waals surface area contributed by atoms with Gasteiger partial charge in [-0.2, -0.15) is 0 Å². The average molecular weight is 403 g/mol. The summed E-state index contributed by atoms with van der Waals surface area (Å²) in [5.41, 5.74) is 1.55. The Hall–Kier alpha value is -2.97. The number of hydrogen-bond donors (Lipinski definition) is 2. The molecule has 1 aliphatic rings. The molecule has 0 bridgehead atoms. The molecule has 0 saturated carbocycles. The van der Waals surface area contributed by atoms with E-state index < -0.39 is 12.0 Å². The van der Waals surface area contributed by atoms with Crippen molar-refractivity contribution < 1.29 is 19.0 Å². The number of nitrogens with zero attached hydrogens (tertiary/aromatic N) is 3. The van der Waals surface area contributed by atoms with E-state index in [1.54, 1.807) is 12.1 Å². The van der Waals surface area contributed by atoms with E-state index in [4.69, 9.17) is 16.3 Å². The first-order valence-electron chi connectivity index (χ1n) is 8.53. The Labute approximate surface area is 164 Å². The van der Waals surface area contributed by atoms with Crippen LogP contribution in [0.5, 0.6) is 5.75 Å². The number of aliphatic hydroxyl groups excluding tert-OH is 1. The van der Waals surface area contributed by atoms with Crippen LogP contribution < -0.4 is 15.0 Å². The van der Waals surface area contributed by atoms with Gasteiger partial charge in [0.05, 0.1) is 23.3 Å². The summed E-state index contributed by atoms with van der Waals surface area (Å²) in [7, 11) is 1.48. The Morgan fingerprint density at radius 1 is 1.32 bits per heavy atom. The largest absolute Gasteiger partial charge is 0.494 e. The quantitative estimate of drug-likeness (QED) is 0.693. The summed E-state index contributed by atoms with van der Waals surface area (Å²) in [4.78, 5) is 22.1. The fraction of sp³-hybridized carbons (Fsp3) is 0.211. The highest BCUT2D eigenvalue weighted by Gasteiger charge is 2.33. The van der Waals surface area contributed by atoms with Gasteiger partial charge in [-0.1, -0.05) is 11.6 Å². The van der Waals surface area contributed by atoms with E-state index in [9.17, 15) is 14.3 Å². The van der Waals surface area contributed by atoms with Crippen LogP contribution >= 0.6 is 11.6 Å². The van der Waals surface area contributed by atoms with E-state index in [2.05, 4.69) is 15.3 Å². The van der Waals surface area contributed by atoms with Gasteiger partial charge in [0, 0.05) is 30.0 Å². The Bertz CT molecular complexity index is 1080. The Morgan fingerprint density at radius 3 is 2.82 bits per heavy atom. The number of halogens is 2. The zero-order chi connectivity index (χ0) is 19.8. The van der Waals surface area contributed by atoms with Crippen molar-refractivity contribution in [3.8, 4) is 5.75 Å². The van der Waals surface area contributed by atoms with Crippen molar-refractivity contribution in [2.24, 2.45) is 0 Å². The molecule has 1 aromatic heterocycles. The zero-order valence-electron chi connectivity index (χ0n) is 14.8. The minimum atomic E-state index is -0.921. The first-order chi connectivity index (χ1) is 13.5. The van der Waals surface area contributed by atoms with Crippen molar-refractivity contribution in [2.45, 2.75) is 19.1 Å². The third kappa shape index (κ3) is 3.21. The monoisotopic (exact) mass is 402 g/mol. The molecule has 0 spiro atoms. The van der Waals surface area contributed by atoms with Gasteiger partial charge in [-0.05, 0) is 24.3 Å². The lowest BCUT2D eigenvalue weighted by atomic mass is 10.1. The summed E-state index contributed by atoms with van der Waals surface area (Å²) < 4.78 is 18.8. The number of ether oxygens (including phenoxy) is 1. The van der Waals surface area contributed by atoms with Gasteiger partial charge in [0.15, 0.2) is 0 Å². The number of nitrogens with one attached hydrogen (secondary N) is 1. The molecule has 0 aliphatic carbocycles. The molecule has 1 amide bonds. The van der Waals surface area contributed by atoms with Crippen molar-refractivity contribution in [1.29, 1.82) is 0 Å². The van der Waals surface area contributed by atoms with E-state index in [0.717, 1.165) is 0 Å². The van der Waals surface area contributed by atoms with E-state index in [-0.39, 0.29) is 17.4 Å². The Balaban J connectivity index is 1.83. The van der Waals surface area contributed by atoms with Crippen molar-refractivity contribution in [3.05, 3.63) is 47.5 Å². The Kier molecular flexibility index (Phi) is 4.74. The summed E-state index contributed by atoms with van der Waals surface area (Å²) in [6.45, 7) is 0. The smallest absolute Gasteiger partial charge is 0.229 e. The summed E-state index contributed by atoms with van der Waals surface area (Å²) in [6.07, 6.45) is 1.07. The first-order valence-corrected chi connectivity index (χ1v) is 8.90. The molecule has 1 atom stereocenters. The predicted octanol–water partition coefficient (Wildman–Crippen LogP) is 3.62. The van der Waals surface area contributed by atoms with Crippen LogP contribution in [0.2, 0.25) is 5.02 Å². The fourth-order valence-corrected chi connectivity index (χ4v) is 3.38. The highest BCUT2D eigenvalue weighted by atomic mass is 35.5. The van der Waals surface area contributed by atoms with Gasteiger partial charge in [-0.3, -0.25) is 9.69 Å². The van der Waals surface area contributed by atoms with Gasteiger partial charge in [0.1, 0.15) is 29.9 Å². The number of fused-ring (bicyclic) bond motifs is 1. The lowest BCUT2D eigenvalue weighted by molar-refractivity contribution is -0.117. The summed E-state index contributed by atoms with van der Waals surface area (Å²) in [5.74, 6) is 0.143. The molecule has 28 heavy (non-hydrogen) atoms. The minimum absolute atomic E-state index is 0.0171. The molecule has 1 fully saturated rings. The van der Waals surface area contributed by atoms with Crippen molar-refractivity contribution in [2.75, 3.05) is 17.3 Å². The van der Waals surface area contributed by atoms with Crippen LogP contribution in [-0.4, -0.2) is 34.3 Å². The molecule has 3 aromatic rings. The maximum Gasteiger partial charge on any atom is 0.229 e. The number of amides is 1. The van der Waals surface area contributed by atoms with Crippen molar-refractivity contribution in [3.63, 3.8) is 0 Å². The average Bonchev–Trinajstić information content (AvgIpc) is 3.02. The van der Waals surface area contributed by atoms with Gasteiger partial charge in [-0.15, -0.1) is 0 Å². The number of anilines is 3. The topological polar surface area (TPSA) is 87.6 Å². The molecule has 2 aromatic carbocycles. The van der Waals surface area contributed by atoms with Crippen LogP contribution in [0, 0.1) is 5.82 Å². The van der Waals surface area contributed by atoms with Gasteiger partial charge in [0.25, 0.3) is 0 Å². The molecule has 0 radical (unpaired) electrons. The van der Waals surface area contributed by atoms with E-state index >= 15 is 0 Å². The summed E-state index contributed by atoms with van der Waals surface area (Å²) >= 11 is 5.85. The summed E-state index contributed by atoms with van der Waals surface area (Å²) in [6, 6.07) is 7.60. The minimum Gasteiger partial charge on any atom is -0.494 e. The highest BCUT2D eigenvalue weighted by molar-refractivity contribution is 6.31. The second-order valence-electron chi connectivity index (χ2n) is 6.30. The predicted molar refractivity (Wildman–Crippen MR) is 104 cm³/mol. The van der Waals surface area contributed by atoms with Crippen molar-refractivity contribution >= 4 is 45.6 Å². The van der Waals surface area contributed by atoms with Crippen LogP contribution in [0.15, 0.2) is 36.7 Å². The van der Waals surface area contributed by atoms with Gasteiger partial charge >= 0.3 is 0 Å². The van der Waals surface area contributed by atoms with E-state index in [1.807, 2.05) is 0 Å². The second-order valence-corrected chi connectivity index (χ2v) is 6.71. The molecule has 2 heterocycles. The number of carbonyl (C=O) groups is 1. The first kappa shape index (κ1) is 18.4. The van der Waals surface area contributed by atoms with Crippen LogP contribution in [-0.2, 0) is 4.79 Å². The van der Waals surface area contributed by atoms with Crippen molar-refractivity contribution in [1.82, 2.24) is 9.97 Å².